The number of ether oxygens (including phenoxy) is 1. The van der Waals surface area contributed by atoms with Crippen LogP contribution in [0.15, 0.2) is 46.0 Å². The molecule has 3 aliphatic rings. The number of hydrogen-bond acceptors (Lipinski definition) is 9. The molecule has 0 bridgehead atoms. The molecule has 2 saturated heterocycles. The first kappa shape index (κ1) is 31.6. The first-order chi connectivity index (χ1) is 20.8. The zero-order valence-corrected chi connectivity index (χ0v) is 25.6. The van der Waals surface area contributed by atoms with Crippen molar-refractivity contribution in [3.05, 3.63) is 63.0 Å². The number of nitrogens with one attached hydrogen (secondary N) is 1. The van der Waals surface area contributed by atoms with Gasteiger partial charge in [0.15, 0.2) is 10.8 Å². The van der Waals surface area contributed by atoms with Crippen LogP contribution in [0.5, 0.6) is 0 Å². The number of aliphatic imine (C=N–C) groups is 1. The number of thiazole rings is 1. The number of carbonyl (C=O) groups excluding carboxylic acids is 2. The average molecular weight is 634 g/mol. The fourth-order valence-electron chi connectivity index (χ4n) is 6.11. The second-order valence-corrected chi connectivity index (χ2v) is 12.6. The smallest absolute Gasteiger partial charge is 0.338 e. The third-order valence-corrected chi connectivity index (χ3v) is 9.37. The second kappa shape index (κ2) is 12.0. The second-order valence-electron chi connectivity index (χ2n) is 11.7. The van der Waals surface area contributed by atoms with Crippen molar-refractivity contribution in [1.82, 2.24) is 20.1 Å². The quantitative estimate of drug-likeness (QED) is 0.333. The van der Waals surface area contributed by atoms with Gasteiger partial charge in [0.05, 0.1) is 18.7 Å². The third-order valence-electron chi connectivity index (χ3n) is 8.59. The number of fused-ring (bicyclic) bond motifs is 1. The molecule has 44 heavy (non-hydrogen) atoms. The van der Waals surface area contributed by atoms with Crippen LogP contribution >= 0.6 is 11.3 Å². The summed E-state index contributed by atoms with van der Waals surface area (Å²) in [5.74, 6) is -7.05. The van der Waals surface area contributed by atoms with Crippen LogP contribution in [0.2, 0.25) is 0 Å². The number of benzene rings is 1. The normalized spacial score (nSPS) is 23.6. The van der Waals surface area contributed by atoms with Crippen LogP contribution in [-0.2, 0) is 19.1 Å². The van der Waals surface area contributed by atoms with Crippen molar-refractivity contribution in [3.63, 3.8) is 0 Å². The van der Waals surface area contributed by atoms with E-state index < -0.39 is 59.5 Å². The van der Waals surface area contributed by atoms with Gasteiger partial charge in [0.2, 0.25) is 5.91 Å². The number of carboxylic acid groups (broad SMARTS) is 1. The molecule has 1 amide bonds. The molecule has 5 rings (SSSR count). The molecule has 4 heterocycles. The van der Waals surface area contributed by atoms with E-state index in [0.29, 0.717) is 16.4 Å². The zero-order valence-electron chi connectivity index (χ0n) is 24.8. The first-order valence-electron chi connectivity index (χ1n) is 14.3. The van der Waals surface area contributed by atoms with E-state index in [1.807, 2.05) is 0 Å². The van der Waals surface area contributed by atoms with E-state index in [2.05, 4.69) is 10.3 Å². The number of amidine groups is 1. The molecule has 1 aromatic heterocycles. The molecule has 0 saturated carbocycles. The number of aliphatic carboxylic acids is 1. The van der Waals surface area contributed by atoms with Crippen molar-refractivity contribution >= 4 is 35.0 Å². The van der Waals surface area contributed by atoms with Crippen molar-refractivity contribution in [1.29, 1.82) is 0 Å². The van der Waals surface area contributed by atoms with E-state index in [1.165, 1.54) is 47.1 Å². The number of amides is 1. The molecule has 0 unspecified atom stereocenters. The van der Waals surface area contributed by atoms with Crippen molar-refractivity contribution < 1.29 is 37.4 Å². The summed E-state index contributed by atoms with van der Waals surface area (Å²) in [6.07, 6.45) is 1.57. The molecule has 3 atom stereocenters. The van der Waals surface area contributed by atoms with Gasteiger partial charge < -0.3 is 20.1 Å². The number of esters is 1. The van der Waals surface area contributed by atoms with Crippen LogP contribution in [0.3, 0.4) is 0 Å². The number of rotatable bonds is 8. The summed E-state index contributed by atoms with van der Waals surface area (Å²) < 4.78 is 51.0. The SMILES string of the molecule is CCOC(=O)C1=C(CN2CC(F)(F)[C@H]3CCN(C(=O)C(C)(C)C(=O)O)C[C@H]32)NC(c2nccs2)=N[C@H]1c1cccc(F)c1C. The van der Waals surface area contributed by atoms with Crippen LogP contribution in [0.4, 0.5) is 13.2 Å². The predicted molar refractivity (Wildman–Crippen MR) is 156 cm³/mol. The van der Waals surface area contributed by atoms with Gasteiger partial charge in [-0.25, -0.2) is 22.9 Å². The Morgan fingerprint density at radius 2 is 2.02 bits per heavy atom. The number of hydrogen-bond donors (Lipinski definition) is 2. The van der Waals surface area contributed by atoms with Gasteiger partial charge in [0.1, 0.15) is 17.3 Å². The molecular formula is C30H34F3N5O5S. The van der Waals surface area contributed by atoms with Gasteiger partial charge in [-0.2, -0.15) is 0 Å². The molecular weight excluding hydrogens is 599 g/mol. The Morgan fingerprint density at radius 3 is 2.68 bits per heavy atom. The van der Waals surface area contributed by atoms with Gasteiger partial charge in [-0.1, -0.05) is 12.1 Å². The van der Waals surface area contributed by atoms with Crippen LogP contribution in [-0.4, -0.2) is 88.3 Å². The first-order valence-corrected chi connectivity index (χ1v) is 15.2. The standard InChI is InChI=1S/C30H34F3N5O5S/c1-5-43-26(39)22-20(35-24(25-34-10-12-44-25)36-23(22)17-7-6-8-19(31)16(17)2)13-38-15-30(32,33)18-9-11-37(14-21(18)38)27(40)29(3,4)28(41)42/h6-8,10,12,18,21,23H,5,9,11,13-15H2,1-4H3,(H,35,36)(H,41,42)/t18-,21+,23-/m0/s1. The highest BCUT2D eigenvalue weighted by Gasteiger charge is 2.57. The monoisotopic (exact) mass is 633 g/mol. The highest BCUT2D eigenvalue weighted by molar-refractivity contribution is 7.11. The van der Waals surface area contributed by atoms with Gasteiger partial charge in [-0.3, -0.25) is 19.5 Å². The molecule has 0 spiro atoms. The maximum absolute atomic E-state index is 15.4. The topological polar surface area (TPSA) is 124 Å². The molecule has 236 valence electrons. The number of halogens is 3. The Morgan fingerprint density at radius 1 is 1.27 bits per heavy atom. The highest BCUT2D eigenvalue weighted by Crippen LogP contribution is 2.44. The lowest BCUT2D eigenvalue weighted by Crippen LogP contribution is -2.55. The summed E-state index contributed by atoms with van der Waals surface area (Å²) in [4.78, 5) is 50.3. The number of alkyl halides is 2. The van der Waals surface area contributed by atoms with E-state index >= 15 is 8.78 Å². The lowest BCUT2D eigenvalue weighted by atomic mass is 9.86. The minimum atomic E-state index is -3.09. The lowest BCUT2D eigenvalue weighted by molar-refractivity contribution is -0.160. The Hall–Kier alpha value is -3.78. The maximum Gasteiger partial charge on any atom is 0.338 e. The molecule has 14 heteroatoms. The zero-order chi connectivity index (χ0) is 32.0. The molecule has 3 aliphatic heterocycles. The summed E-state index contributed by atoms with van der Waals surface area (Å²) in [5.41, 5.74) is -0.723. The lowest BCUT2D eigenvalue weighted by Gasteiger charge is -2.41. The van der Waals surface area contributed by atoms with Crippen molar-refractivity contribution in [2.45, 2.75) is 52.1 Å². The summed E-state index contributed by atoms with van der Waals surface area (Å²) >= 11 is 1.28. The van der Waals surface area contributed by atoms with E-state index in [9.17, 15) is 23.9 Å². The van der Waals surface area contributed by atoms with Crippen LogP contribution in [0.1, 0.15) is 49.4 Å². The van der Waals surface area contributed by atoms with Crippen LogP contribution in [0.25, 0.3) is 0 Å². The largest absolute Gasteiger partial charge is 0.480 e. The van der Waals surface area contributed by atoms with Crippen LogP contribution in [0, 0.1) is 24.1 Å². The summed E-state index contributed by atoms with van der Waals surface area (Å²) in [6.45, 7) is 4.95. The van der Waals surface area contributed by atoms with Gasteiger partial charge >= 0.3 is 11.9 Å². The van der Waals surface area contributed by atoms with E-state index in [1.54, 1.807) is 31.5 Å². The minimum Gasteiger partial charge on any atom is -0.480 e. The molecule has 1 aromatic carbocycles. The predicted octanol–water partition coefficient (Wildman–Crippen LogP) is 3.78. The minimum absolute atomic E-state index is 0.0102. The molecule has 2 aromatic rings. The van der Waals surface area contributed by atoms with E-state index in [0.717, 1.165) is 0 Å². The number of nitrogens with zero attached hydrogens (tertiary/aromatic N) is 4. The molecule has 0 aliphatic carbocycles. The molecule has 10 nitrogen and oxygen atoms in total. The van der Waals surface area contributed by atoms with Crippen molar-refractivity contribution in [3.8, 4) is 0 Å². The van der Waals surface area contributed by atoms with Crippen molar-refractivity contribution in [2.75, 3.05) is 32.8 Å². The summed E-state index contributed by atoms with van der Waals surface area (Å²) in [7, 11) is 0. The summed E-state index contributed by atoms with van der Waals surface area (Å²) in [5, 5.41) is 15.0. The number of carbonyl (C=O) groups is 3. The third kappa shape index (κ3) is 5.72. The van der Waals surface area contributed by atoms with Gasteiger partial charge in [-0.05, 0) is 51.3 Å². The Balaban J connectivity index is 1.56. The number of carboxylic acids is 1. The Bertz CT molecular complexity index is 1530. The van der Waals surface area contributed by atoms with E-state index in [4.69, 9.17) is 9.73 Å². The molecule has 2 fully saturated rings. The average Bonchev–Trinajstić information content (AvgIpc) is 3.60. The fourth-order valence-corrected chi connectivity index (χ4v) is 6.70. The highest BCUT2D eigenvalue weighted by atomic mass is 32.1. The Labute approximate surface area is 256 Å². The molecule has 0 radical (unpaired) electrons. The number of piperidine rings is 1. The number of aromatic nitrogens is 1. The summed E-state index contributed by atoms with van der Waals surface area (Å²) in [6, 6.07) is 2.64. The molecule has 2 N–H and O–H groups in total. The van der Waals surface area contributed by atoms with Crippen molar-refractivity contribution in [2.24, 2.45) is 16.3 Å². The Kier molecular flexibility index (Phi) is 8.60. The fraction of sp³-hybridized carbons (Fsp3) is 0.500. The van der Waals surface area contributed by atoms with Gasteiger partial charge in [-0.15, -0.1) is 11.3 Å². The van der Waals surface area contributed by atoms with Crippen LogP contribution < -0.4 is 5.32 Å². The van der Waals surface area contributed by atoms with Gasteiger partial charge in [0.25, 0.3) is 5.92 Å². The maximum atomic E-state index is 15.4. The number of likely N-dealkylation sites (tertiary alicyclic amines) is 2. The van der Waals surface area contributed by atoms with E-state index in [-0.39, 0.29) is 49.5 Å². The van der Waals surface area contributed by atoms with Gasteiger partial charge in [0, 0.05) is 48.9 Å².